The summed E-state index contributed by atoms with van der Waals surface area (Å²) in [7, 11) is 1.52. The molecule has 0 radical (unpaired) electrons. The summed E-state index contributed by atoms with van der Waals surface area (Å²) in [5.41, 5.74) is 0.221. The second kappa shape index (κ2) is 7.03. The van der Waals surface area contributed by atoms with Gasteiger partial charge in [0.15, 0.2) is 0 Å². The number of hydrogen-bond donors (Lipinski definition) is 2. The number of anilines is 2. The molecule has 0 bridgehead atoms. The predicted molar refractivity (Wildman–Crippen MR) is 77.2 cm³/mol. The zero-order valence-electron chi connectivity index (χ0n) is 12.3. The minimum Gasteiger partial charge on any atom is -0.497 e. The van der Waals surface area contributed by atoms with Crippen molar-refractivity contribution >= 4 is 11.7 Å². The standard InChI is InChI=1S/C14H19FN4O2/c1-4-7-16-9(2)13-18-19-14(21-13)17-12-8-10(20-3)5-6-11(12)15/h5-6,8-9,16H,4,7H2,1-3H3,(H,17,19). The highest BCUT2D eigenvalue weighted by Gasteiger charge is 2.14. The quantitative estimate of drug-likeness (QED) is 0.818. The van der Waals surface area contributed by atoms with Crippen molar-refractivity contribution in [3.63, 3.8) is 0 Å². The third-order valence-electron chi connectivity index (χ3n) is 2.93. The first-order chi connectivity index (χ1) is 10.1. The van der Waals surface area contributed by atoms with Gasteiger partial charge < -0.3 is 19.8 Å². The zero-order valence-corrected chi connectivity index (χ0v) is 12.3. The molecular weight excluding hydrogens is 275 g/mol. The molecule has 0 spiro atoms. The second-order valence-electron chi connectivity index (χ2n) is 4.59. The molecule has 1 heterocycles. The fourth-order valence-corrected chi connectivity index (χ4v) is 1.75. The largest absolute Gasteiger partial charge is 0.497 e. The molecule has 21 heavy (non-hydrogen) atoms. The first-order valence-electron chi connectivity index (χ1n) is 6.81. The SMILES string of the molecule is CCCNC(C)c1nnc(Nc2cc(OC)ccc2F)o1. The van der Waals surface area contributed by atoms with E-state index in [0.717, 1.165) is 13.0 Å². The van der Waals surface area contributed by atoms with Crippen molar-refractivity contribution in [2.75, 3.05) is 19.0 Å². The van der Waals surface area contributed by atoms with Gasteiger partial charge in [-0.15, -0.1) is 5.10 Å². The smallest absolute Gasteiger partial charge is 0.320 e. The molecule has 6 nitrogen and oxygen atoms in total. The topological polar surface area (TPSA) is 72.2 Å². The summed E-state index contributed by atoms with van der Waals surface area (Å²) in [6.45, 7) is 4.86. The number of nitrogens with one attached hydrogen (secondary N) is 2. The lowest BCUT2D eigenvalue weighted by molar-refractivity contribution is 0.413. The van der Waals surface area contributed by atoms with Crippen LogP contribution in [0.25, 0.3) is 0 Å². The van der Waals surface area contributed by atoms with Gasteiger partial charge in [0.1, 0.15) is 11.6 Å². The van der Waals surface area contributed by atoms with Crippen LogP contribution in [-0.2, 0) is 0 Å². The molecular formula is C14H19FN4O2. The van der Waals surface area contributed by atoms with Gasteiger partial charge in [-0.2, -0.15) is 0 Å². The van der Waals surface area contributed by atoms with Crippen molar-refractivity contribution in [2.45, 2.75) is 26.3 Å². The predicted octanol–water partition coefficient (Wildman–Crippen LogP) is 3.02. The Morgan fingerprint density at radius 3 is 2.90 bits per heavy atom. The summed E-state index contributed by atoms with van der Waals surface area (Å²) >= 11 is 0. The molecule has 0 saturated heterocycles. The lowest BCUT2D eigenvalue weighted by Gasteiger charge is -2.08. The third-order valence-corrected chi connectivity index (χ3v) is 2.93. The number of methoxy groups -OCH3 is 1. The summed E-state index contributed by atoms with van der Waals surface area (Å²) in [4.78, 5) is 0. The molecule has 1 aromatic heterocycles. The maximum Gasteiger partial charge on any atom is 0.320 e. The number of halogens is 1. The van der Waals surface area contributed by atoms with Crippen LogP contribution in [0.5, 0.6) is 5.75 Å². The Morgan fingerprint density at radius 2 is 2.19 bits per heavy atom. The number of nitrogens with zero attached hydrogens (tertiary/aromatic N) is 2. The van der Waals surface area contributed by atoms with Crippen LogP contribution in [0.2, 0.25) is 0 Å². The molecule has 0 aliphatic rings. The van der Waals surface area contributed by atoms with Crippen LogP contribution in [0, 0.1) is 5.82 Å². The van der Waals surface area contributed by atoms with Crippen LogP contribution in [0.3, 0.4) is 0 Å². The number of rotatable bonds is 7. The Balaban J connectivity index is 2.08. The number of benzene rings is 1. The molecule has 7 heteroatoms. The Morgan fingerprint density at radius 1 is 1.38 bits per heavy atom. The van der Waals surface area contributed by atoms with E-state index >= 15 is 0 Å². The maximum absolute atomic E-state index is 13.7. The van der Waals surface area contributed by atoms with E-state index in [0.29, 0.717) is 11.6 Å². The summed E-state index contributed by atoms with van der Waals surface area (Å²) in [5.74, 6) is 0.568. The van der Waals surface area contributed by atoms with E-state index in [1.54, 1.807) is 0 Å². The highest BCUT2D eigenvalue weighted by atomic mass is 19.1. The normalized spacial score (nSPS) is 12.2. The van der Waals surface area contributed by atoms with Crippen molar-refractivity contribution in [1.29, 1.82) is 0 Å². The van der Waals surface area contributed by atoms with E-state index in [-0.39, 0.29) is 17.7 Å². The van der Waals surface area contributed by atoms with Crippen LogP contribution >= 0.6 is 0 Å². The molecule has 1 aromatic carbocycles. The maximum atomic E-state index is 13.7. The summed E-state index contributed by atoms with van der Waals surface area (Å²) < 4.78 is 24.2. The third kappa shape index (κ3) is 3.91. The summed E-state index contributed by atoms with van der Waals surface area (Å²) in [5, 5.41) is 13.8. The molecule has 114 valence electrons. The van der Waals surface area contributed by atoms with E-state index in [1.165, 1.54) is 25.3 Å². The van der Waals surface area contributed by atoms with Gasteiger partial charge in [-0.25, -0.2) is 4.39 Å². The fourth-order valence-electron chi connectivity index (χ4n) is 1.75. The summed E-state index contributed by atoms with van der Waals surface area (Å²) in [6, 6.07) is 4.46. The zero-order chi connectivity index (χ0) is 15.2. The lowest BCUT2D eigenvalue weighted by atomic mass is 10.3. The Bertz CT molecular complexity index is 588. The molecule has 1 unspecified atom stereocenters. The number of aromatic nitrogens is 2. The van der Waals surface area contributed by atoms with Crippen LogP contribution < -0.4 is 15.4 Å². The first kappa shape index (κ1) is 15.2. The van der Waals surface area contributed by atoms with Crippen molar-refractivity contribution < 1.29 is 13.5 Å². The van der Waals surface area contributed by atoms with E-state index < -0.39 is 5.82 Å². The molecule has 2 N–H and O–H groups in total. The molecule has 2 aromatic rings. The van der Waals surface area contributed by atoms with Gasteiger partial charge in [-0.05, 0) is 32.0 Å². The molecule has 0 saturated carbocycles. The Hall–Kier alpha value is -2.15. The average molecular weight is 294 g/mol. The minimum atomic E-state index is -0.423. The van der Waals surface area contributed by atoms with E-state index in [2.05, 4.69) is 27.8 Å². The lowest BCUT2D eigenvalue weighted by Crippen LogP contribution is -2.19. The number of hydrogen-bond acceptors (Lipinski definition) is 6. The molecule has 0 amide bonds. The molecule has 0 aliphatic heterocycles. The summed E-state index contributed by atoms with van der Waals surface area (Å²) in [6.07, 6.45) is 1.01. The molecule has 2 rings (SSSR count). The van der Waals surface area contributed by atoms with Gasteiger partial charge in [0.25, 0.3) is 0 Å². The fraction of sp³-hybridized carbons (Fsp3) is 0.429. The molecule has 1 atom stereocenters. The average Bonchev–Trinajstić information content (AvgIpc) is 2.95. The van der Waals surface area contributed by atoms with Gasteiger partial charge in [0.05, 0.1) is 18.8 Å². The van der Waals surface area contributed by atoms with Crippen molar-refractivity contribution in [3.8, 4) is 5.75 Å². The Kier molecular flexibility index (Phi) is 5.10. The second-order valence-corrected chi connectivity index (χ2v) is 4.59. The van der Waals surface area contributed by atoms with E-state index in [1.807, 2.05) is 6.92 Å². The Labute approximate surface area is 122 Å². The van der Waals surface area contributed by atoms with E-state index in [4.69, 9.17) is 9.15 Å². The highest BCUT2D eigenvalue weighted by molar-refractivity contribution is 5.55. The van der Waals surface area contributed by atoms with Crippen LogP contribution in [-0.4, -0.2) is 23.9 Å². The van der Waals surface area contributed by atoms with Crippen LogP contribution in [0.15, 0.2) is 22.6 Å². The van der Waals surface area contributed by atoms with Gasteiger partial charge >= 0.3 is 6.01 Å². The monoisotopic (exact) mass is 294 g/mol. The molecule has 0 aliphatic carbocycles. The van der Waals surface area contributed by atoms with E-state index in [9.17, 15) is 4.39 Å². The van der Waals surface area contributed by atoms with Crippen LogP contribution in [0.4, 0.5) is 16.1 Å². The minimum absolute atomic E-state index is 0.0526. The van der Waals surface area contributed by atoms with Crippen molar-refractivity contribution in [3.05, 3.63) is 29.9 Å². The number of ether oxygens (including phenoxy) is 1. The van der Waals surface area contributed by atoms with Gasteiger partial charge in [-0.1, -0.05) is 12.0 Å². The van der Waals surface area contributed by atoms with Crippen LogP contribution in [0.1, 0.15) is 32.2 Å². The van der Waals surface area contributed by atoms with Gasteiger partial charge in [0, 0.05) is 6.07 Å². The van der Waals surface area contributed by atoms with Crippen molar-refractivity contribution in [1.82, 2.24) is 15.5 Å². The molecule has 0 fully saturated rings. The van der Waals surface area contributed by atoms with Crippen molar-refractivity contribution in [2.24, 2.45) is 0 Å². The highest BCUT2D eigenvalue weighted by Crippen LogP contribution is 2.24. The van der Waals surface area contributed by atoms with Gasteiger partial charge in [0.2, 0.25) is 5.89 Å². The van der Waals surface area contributed by atoms with Gasteiger partial charge in [-0.3, -0.25) is 0 Å². The first-order valence-corrected chi connectivity index (χ1v) is 6.81.